The number of ether oxygens (including phenoxy) is 1. The molecule has 6 nitrogen and oxygen atoms in total. The topological polar surface area (TPSA) is 88.3 Å². The summed E-state index contributed by atoms with van der Waals surface area (Å²) in [4.78, 5) is 13.3. The summed E-state index contributed by atoms with van der Waals surface area (Å²) in [7, 11) is -3.55. The Kier molecular flexibility index (Phi) is 3.60. The average molecular weight is 258 g/mol. The van der Waals surface area contributed by atoms with Gasteiger partial charge in [-0.1, -0.05) is 0 Å². The molecule has 0 amide bonds. The molecule has 0 saturated carbocycles. The van der Waals surface area contributed by atoms with Gasteiger partial charge >= 0.3 is 0 Å². The number of H-pyrrole nitrogens is 1. The zero-order chi connectivity index (χ0) is 12.3. The average Bonchev–Trinajstić information content (AvgIpc) is 2.30. The van der Waals surface area contributed by atoms with Gasteiger partial charge in [-0.2, -0.15) is 0 Å². The molecule has 1 saturated heterocycles. The molecule has 1 aromatic rings. The molecule has 7 heteroatoms. The summed E-state index contributed by atoms with van der Waals surface area (Å²) in [6.45, 7) is 1.14. The third-order valence-electron chi connectivity index (χ3n) is 2.61. The van der Waals surface area contributed by atoms with E-state index in [1.165, 1.54) is 18.3 Å². The Bertz CT molecular complexity index is 511. The first-order chi connectivity index (χ1) is 8.08. The molecule has 0 radical (unpaired) electrons. The molecule has 0 unspecified atom stereocenters. The van der Waals surface area contributed by atoms with Gasteiger partial charge in [0, 0.05) is 31.5 Å². The van der Waals surface area contributed by atoms with Gasteiger partial charge in [-0.15, -0.1) is 0 Å². The minimum atomic E-state index is -3.55. The van der Waals surface area contributed by atoms with Gasteiger partial charge in [-0.25, -0.2) is 13.1 Å². The molecule has 1 aliphatic heterocycles. The molecule has 1 aliphatic rings. The molecule has 17 heavy (non-hydrogen) atoms. The van der Waals surface area contributed by atoms with E-state index in [2.05, 4.69) is 9.71 Å². The summed E-state index contributed by atoms with van der Waals surface area (Å²) in [5.74, 6) is 0. The van der Waals surface area contributed by atoms with Crippen molar-refractivity contribution in [1.29, 1.82) is 0 Å². The molecule has 0 bridgehead atoms. The fourth-order valence-corrected chi connectivity index (χ4v) is 2.94. The highest BCUT2D eigenvalue weighted by atomic mass is 32.2. The summed E-state index contributed by atoms with van der Waals surface area (Å²) in [6.07, 6.45) is 2.54. The first-order valence-corrected chi connectivity index (χ1v) is 6.85. The lowest BCUT2D eigenvalue weighted by molar-refractivity contribution is 0.0832. The van der Waals surface area contributed by atoms with Crippen LogP contribution < -0.4 is 10.3 Å². The monoisotopic (exact) mass is 258 g/mol. The number of rotatable bonds is 3. The summed E-state index contributed by atoms with van der Waals surface area (Å²) < 4.78 is 31.6. The van der Waals surface area contributed by atoms with E-state index in [-0.39, 0.29) is 16.5 Å². The molecule has 0 aliphatic carbocycles. The lowest BCUT2D eigenvalue weighted by Crippen LogP contribution is -2.38. The highest BCUT2D eigenvalue weighted by Crippen LogP contribution is 2.11. The minimum absolute atomic E-state index is 0.0728. The van der Waals surface area contributed by atoms with E-state index < -0.39 is 10.0 Å². The molecule has 2 rings (SSSR count). The molecule has 2 N–H and O–H groups in total. The quantitative estimate of drug-likeness (QED) is 0.788. The van der Waals surface area contributed by atoms with Crippen LogP contribution in [-0.4, -0.2) is 32.7 Å². The van der Waals surface area contributed by atoms with E-state index in [0.29, 0.717) is 26.1 Å². The first-order valence-electron chi connectivity index (χ1n) is 5.37. The summed E-state index contributed by atoms with van der Waals surface area (Å²) in [5, 5.41) is 0. The normalized spacial score (nSPS) is 18.1. The van der Waals surface area contributed by atoms with Crippen LogP contribution in [0.25, 0.3) is 0 Å². The second-order valence-electron chi connectivity index (χ2n) is 3.90. The van der Waals surface area contributed by atoms with Gasteiger partial charge in [0.15, 0.2) is 0 Å². The van der Waals surface area contributed by atoms with Crippen LogP contribution in [0.15, 0.2) is 28.0 Å². The maximum atomic E-state index is 11.9. The Hall–Kier alpha value is -1.18. The van der Waals surface area contributed by atoms with Crippen molar-refractivity contribution < 1.29 is 13.2 Å². The SMILES string of the molecule is O=c1ccc(S(=O)(=O)NC2CCOCC2)c[nH]1. The molecule has 0 spiro atoms. The largest absolute Gasteiger partial charge is 0.381 e. The van der Waals surface area contributed by atoms with Gasteiger partial charge in [0.2, 0.25) is 15.6 Å². The third kappa shape index (κ3) is 3.15. The minimum Gasteiger partial charge on any atom is -0.381 e. The number of aromatic amines is 1. The smallest absolute Gasteiger partial charge is 0.247 e. The van der Waals surface area contributed by atoms with Crippen molar-refractivity contribution in [3.8, 4) is 0 Å². The Morgan fingerprint density at radius 2 is 2.00 bits per heavy atom. The van der Waals surface area contributed by atoms with Crippen molar-refractivity contribution in [2.45, 2.75) is 23.8 Å². The van der Waals surface area contributed by atoms with Gasteiger partial charge in [0.1, 0.15) is 0 Å². The maximum Gasteiger partial charge on any atom is 0.247 e. The first kappa shape index (κ1) is 12.3. The van der Waals surface area contributed by atoms with E-state index in [0.717, 1.165) is 0 Å². The van der Waals surface area contributed by atoms with Crippen LogP contribution in [0.5, 0.6) is 0 Å². The molecule has 1 aromatic heterocycles. The van der Waals surface area contributed by atoms with Crippen molar-refractivity contribution in [2.24, 2.45) is 0 Å². The number of nitrogens with one attached hydrogen (secondary N) is 2. The summed E-state index contributed by atoms with van der Waals surface area (Å²) in [6, 6.07) is 2.39. The van der Waals surface area contributed by atoms with Crippen LogP contribution in [0.3, 0.4) is 0 Å². The fourth-order valence-electron chi connectivity index (χ4n) is 1.67. The van der Waals surface area contributed by atoms with E-state index in [4.69, 9.17) is 4.74 Å². The molecular weight excluding hydrogens is 244 g/mol. The highest BCUT2D eigenvalue weighted by Gasteiger charge is 2.21. The number of sulfonamides is 1. The molecule has 0 atom stereocenters. The van der Waals surface area contributed by atoms with Crippen LogP contribution in [0, 0.1) is 0 Å². The third-order valence-corrected chi connectivity index (χ3v) is 4.13. The zero-order valence-corrected chi connectivity index (χ0v) is 10.00. The molecule has 0 aromatic carbocycles. The van der Waals surface area contributed by atoms with Crippen molar-refractivity contribution in [1.82, 2.24) is 9.71 Å². The van der Waals surface area contributed by atoms with Gasteiger partial charge < -0.3 is 9.72 Å². The van der Waals surface area contributed by atoms with Crippen LogP contribution in [-0.2, 0) is 14.8 Å². The molecule has 94 valence electrons. The van der Waals surface area contributed by atoms with Gasteiger partial charge in [0.05, 0.1) is 4.90 Å². The summed E-state index contributed by atoms with van der Waals surface area (Å²) in [5.41, 5.74) is -0.324. The van der Waals surface area contributed by atoms with Crippen molar-refractivity contribution in [3.05, 3.63) is 28.7 Å². The second kappa shape index (κ2) is 4.99. The fraction of sp³-hybridized carbons (Fsp3) is 0.500. The van der Waals surface area contributed by atoms with Crippen LogP contribution in [0.2, 0.25) is 0 Å². The standard InChI is InChI=1S/C10H14N2O4S/c13-10-2-1-9(7-11-10)17(14,15)12-8-3-5-16-6-4-8/h1-2,7-8,12H,3-6H2,(H,11,13). The van der Waals surface area contributed by atoms with E-state index in [9.17, 15) is 13.2 Å². The molecule has 1 fully saturated rings. The predicted octanol–water partition coefficient (Wildman–Crippen LogP) is -0.168. The van der Waals surface area contributed by atoms with E-state index in [1.54, 1.807) is 0 Å². The Balaban J connectivity index is 2.12. The summed E-state index contributed by atoms with van der Waals surface area (Å²) >= 11 is 0. The van der Waals surface area contributed by atoms with Crippen LogP contribution in [0.4, 0.5) is 0 Å². The predicted molar refractivity (Wildman–Crippen MR) is 61.2 cm³/mol. The lowest BCUT2D eigenvalue weighted by Gasteiger charge is -2.22. The maximum absolute atomic E-state index is 11.9. The number of hydrogen-bond donors (Lipinski definition) is 2. The van der Waals surface area contributed by atoms with Gasteiger partial charge in [0.25, 0.3) is 0 Å². The number of pyridine rings is 1. The van der Waals surface area contributed by atoms with Crippen molar-refractivity contribution in [2.75, 3.05) is 13.2 Å². The number of aromatic nitrogens is 1. The number of hydrogen-bond acceptors (Lipinski definition) is 4. The lowest BCUT2D eigenvalue weighted by atomic mass is 10.1. The second-order valence-corrected chi connectivity index (χ2v) is 5.61. The zero-order valence-electron chi connectivity index (χ0n) is 9.18. The van der Waals surface area contributed by atoms with E-state index >= 15 is 0 Å². The van der Waals surface area contributed by atoms with Gasteiger partial charge in [-0.05, 0) is 18.9 Å². The highest BCUT2D eigenvalue weighted by molar-refractivity contribution is 7.89. The van der Waals surface area contributed by atoms with Crippen LogP contribution >= 0.6 is 0 Å². The van der Waals surface area contributed by atoms with Gasteiger partial charge in [-0.3, -0.25) is 4.79 Å². The Morgan fingerprint density at radius 1 is 1.29 bits per heavy atom. The van der Waals surface area contributed by atoms with Crippen molar-refractivity contribution >= 4 is 10.0 Å². The Labute approximate surface area is 99.1 Å². The Morgan fingerprint density at radius 3 is 2.59 bits per heavy atom. The van der Waals surface area contributed by atoms with Crippen LogP contribution in [0.1, 0.15) is 12.8 Å². The molecular formula is C10H14N2O4S. The van der Waals surface area contributed by atoms with E-state index in [1.807, 2.05) is 0 Å². The van der Waals surface area contributed by atoms with Crippen molar-refractivity contribution in [3.63, 3.8) is 0 Å². The molecule has 2 heterocycles.